The first kappa shape index (κ1) is 11.1. The SMILES string of the molecule is c1ccc2c(NCCC3CCCN3)csc2c1. The van der Waals surface area contributed by atoms with E-state index in [0.717, 1.165) is 12.6 Å². The summed E-state index contributed by atoms with van der Waals surface area (Å²) in [5, 5.41) is 10.7. The van der Waals surface area contributed by atoms with Gasteiger partial charge >= 0.3 is 0 Å². The van der Waals surface area contributed by atoms with Crippen LogP contribution in [0, 0.1) is 0 Å². The maximum atomic E-state index is 3.56. The minimum absolute atomic E-state index is 0.729. The second-order valence-corrected chi connectivity index (χ2v) is 5.57. The lowest BCUT2D eigenvalue weighted by molar-refractivity contribution is 0.575. The minimum atomic E-state index is 0.729. The molecule has 1 aliphatic rings. The molecule has 17 heavy (non-hydrogen) atoms. The van der Waals surface area contributed by atoms with Gasteiger partial charge < -0.3 is 10.6 Å². The highest BCUT2D eigenvalue weighted by Crippen LogP contribution is 2.29. The molecule has 1 atom stereocenters. The van der Waals surface area contributed by atoms with E-state index < -0.39 is 0 Å². The van der Waals surface area contributed by atoms with Gasteiger partial charge in [-0.05, 0) is 31.9 Å². The number of hydrogen-bond donors (Lipinski definition) is 2. The van der Waals surface area contributed by atoms with Gasteiger partial charge in [0.1, 0.15) is 0 Å². The Morgan fingerprint density at radius 2 is 2.29 bits per heavy atom. The Bertz CT molecular complexity index is 486. The zero-order valence-electron chi connectivity index (χ0n) is 9.91. The van der Waals surface area contributed by atoms with Crippen LogP contribution in [0.15, 0.2) is 29.6 Å². The zero-order valence-corrected chi connectivity index (χ0v) is 10.7. The average Bonchev–Trinajstić information content (AvgIpc) is 2.99. The van der Waals surface area contributed by atoms with Crippen molar-refractivity contribution in [1.29, 1.82) is 0 Å². The maximum Gasteiger partial charge on any atom is 0.0528 e. The third-order valence-corrected chi connectivity index (χ3v) is 4.42. The number of nitrogens with one attached hydrogen (secondary N) is 2. The molecule has 1 aliphatic heterocycles. The summed E-state index contributed by atoms with van der Waals surface area (Å²) in [5.41, 5.74) is 1.29. The molecule has 2 N–H and O–H groups in total. The molecule has 3 heteroatoms. The van der Waals surface area contributed by atoms with E-state index in [0.29, 0.717) is 0 Å². The summed E-state index contributed by atoms with van der Waals surface area (Å²) in [5.74, 6) is 0. The van der Waals surface area contributed by atoms with Gasteiger partial charge in [0.05, 0.1) is 5.69 Å². The Balaban J connectivity index is 1.60. The molecule has 2 heterocycles. The van der Waals surface area contributed by atoms with E-state index in [4.69, 9.17) is 0 Å². The molecule has 2 nitrogen and oxygen atoms in total. The molecule has 1 aromatic carbocycles. The highest BCUT2D eigenvalue weighted by molar-refractivity contribution is 7.17. The third-order valence-electron chi connectivity index (χ3n) is 3.45. The van der Waals surface area contributed by atoms with Crippen LogP contribution >= 0.6 is 11.3 Å². The molecule has 1 saturated heterocycles. The molecular weight excluding hydrogens is 228 g/mol. The summed E-state index contributed by atoms with van der Waals surface area (Å²) in [4.78, 5) is 0. The van der Waals surface area contributed by atoms with Crippen molar-refractivity contribution in [2.75, 3.05) is 18.4 Å². The van der Waals surface area contributed by atoms with Gasteiger partial charge in [-0.3, -0.25) is 0 Å². The lowest BCUT2D eigenvalue weighted by Crippen LogP contribution is -2.23. The van der Waals surface area contributed by atoms with Crippen LogP contribution in [0.2, 0.25) is 0 Å². The molecule has 1 unspecified atom stereocenters. The molecular formula is C14H18N2S. The van der Waals surface area contributed by atoms with E-state index in [-0.39, 0.29) is 0 Å². The van der Waals surface area contributed by atoms with E-state index in [9.17, 15) is 0 Å². The first-order valence-electron chi connectivity index (χ1n) is 6.37. The van der Waals surface area contributed by atoms with E-state index in [1.807, 2.05) is 11.3 Å². The van der Waals surface area contributed by atoms with Gasteiger partial charge in [0, 0.05) is 28.1 Å². The normalized spacial score (nSPS) is 19.9. The van der Waals surface area contributed by atoms with Crippen molar-refractivity contribution in [2.45, 2.75) is 25.3 Å². The first-order valence-corrected chi connectivity index (χ1v) is 7.25. The summed E-state index contributed by atoms with van der Waals surface area (Å²) < 4.78 is 1.37. The van der Waals surface area contributed by atoms with Crippen molar-refractivity contribution >= 4 is 27.1 Å². The monoisotopic (exact) mass is 246 g/mol. The highest BCUT2D eigenvalue weighted by atomic mass is 32.1. The Morgan fingerprint density at radius 1 is 1.35 bits per heavy atom. The van der Waals surface area contributed by atoms with Gasteiger partial charge in [0.2, 0.25) is 0 Å². The first-order chi connectivity index (χ1) is 8.43. The van der Waals surface area contributed by atoms with Crippen molar-refractivity contribution in [1.82, 2.24) is 5.32 Å². The van der Waals surface area contributed by atoms with Gasteiger partial charge in [-0.25, -0.2) is 0 Å². The van der Waals surface area contributed by atoms with Crippen LogP contribution in [0.4, 0.5) is 5.69 Å². The lowest BCUT2D eigenvalue weighted by atomic mass is 10.1. The molecule has 0 amide bonds. The predicted octanol–water partition coefficient (Wildman–Crippen LogP) is 3.46. The molecule has 0 spiro atoms. The van der Waals surface area contributed by atoms with Gasteiger partial charge in [0.15, 0.2) is 0 Å². The summed E-state index contributed by atoms with van der Waals surface area (Å²) in [6.07, 6.45) is 3.91. The van der Waals surface area contributed by atoms with Crippen molar-refractivity contribution < 1.29 is 0 Å². The van der Waals surface area contributed by atoms with Crippen molar-refractivity contribution in [3.8, 4) is 0 Å². The number of fused-ring (bicyclic) bond motifs is 1. The number of thiophene rings is 1. The summed E-state index contributed by atoms with van der Waals surface area (Å²) >= 11 is 1.82. The second-order valence-electron chi connectivity index (χ2n) is 4.65. The third kappa shape index (κ3) is 2.45. The Labute approximate surface area is 106 Å². The lowest BCUT2D eigenvalue weighted by Gasteiger charge is -2.10. The molecule has 0 bridgehead atoms. The quantitative estimate of drug-likeness (QED) is 0.863. The largest absolute Gasteiger partial charge is 0.384 e. The highest BCUT2D eigenvalue weighted by Gasteiger charge is 2.13. The molecule has 3 rings (SSSR count). The van der Waals surface area contributed by atoms with E-state index in [1.54, 1.807) is 0 Å². The summed E-state index contributed by atoms with van der Waals surface area (Å²) in [6.45, 7) is 2.27. The fourth-order valence-electron chi connectivity index (χ4n) is 2.50. The fraction of sp³-hybridized carbons (Fsp3) is 0.429. The van der Waals surface area contributed by atoms with Gasteiger partial charge in [-0.1, -0.05) is 18.2 Å². The smallest absolute Gasteiger partial charge is 0.0528 e. The van der Waals surface area contributed by atoms with E-state index in [1.165, 1.54) is 41.6 Å². The van der Waals surface area contributed by atoms with Crippen LogP contribution in [-0.2, 0) is 0 Å². The topological polar surface area (TPSA) is 24.1 Å². The molecule has 1 aromatic heterocycles. The van der Waals surface area contributed by atoms with Crippen molar-refractivity contribution in [2.24, 2.45) is 0 Å². The zero-order chi connectivity index (χ0) is 11.5. The molecule has 1 fully saturated rings. The average molecular weight is 246 g/mol. The van der Waals surface area contributed by atoms with Crippen LogP contribution in [0.25, 0.3) is 10.1 Å². The predicted molar refractivity (Wildman–Crippen MR) is 76.0 cm³/mol. The fourth-order valence-corrected chi connectivity index (χ4v) is 3.42. The van der Waals surface area contributed by atoms with Crippen molar-refractivity contribution in [3.63, 3.8) is 0 Å². The van der Waals surface area contributed by atoms with Gasteiger partial charge in [0.25, 0.3) is 0 Å². The summed E-state index contributed by atoms with van der Waals surface area (Å²) in [6, 6.07) is 9.32. The Kier molecular flexibility index (Phi) is 3.29. The van der Waals surface area contributed by atoms with Crippen LogP contribution in [0.1, 0.15) is 19.3 Å². The maximum absolute atomic E-state index is 3.56. The van der Waals surface area contributed by atoms with Crippen molar-refractivity contribution in [3.05, 3.63) is 29.6 Å². The standard InChI is InChI=1S/C14H18N2S/c1-2-6-14-12(5-1)13(10-17-14)16-9-7-11-4-3-8-15-11/h1-2,5-6,10-11,15-16H,3-4,7-9H2. The number of benzene rings is 1. The molecule has 2 aromatic rings. The van der Waals surface area contributed by atoms with Crippen LogP contribution < -0.4 is 10.6 Å². The second kappa shape index (κ2) is 5.07. The van der Waals surface area contributed by atoms with E-state index >= 15 is 0 Å². The molecule has 90 valence electrons. The number of rotatable bonds is 4. The molecule has 0 saturated carbocycles. The Morgan fingerprint density at radius 3 is 3.18 bits per heavy atom. The van der Waals surface area contributed by atoms with Crippen LogP contribution in [0.5, 0.6) is 0 Å². The number of hydrogen-bond acceptors (Lipinski definition) is 3. The van der Waals surface area contributed by atoms with Gasteiger partial charge in [-0.2, -0.15) is 0 Å². The Hall–Kier alpha value is -1.06. The molecule has 0 radical (unpaired) electrons. The summed E-state index contributed by atoms with van der Waals surface area (Å²) in [7, 11) is 0. The van der Waals surface area contributed by atoms with Gasteiger partial charge in [-0.15, -0.1) is 11.3 Å². The van der Waals surface area contributed by atoms with E-state index in [2.05, 4.69) is 40.3 Å². The number of anilines is 1. The molecule has 0 aliphatic carbocycles. The minimum Gasteiger partial charge on any atom is -0.384 e. The van der Waals surface area contributed by atoms with Crippen LogP contribution in [0.3, 0.4) is 0 Å². The van der Waals surface area contributed by atoms with Crippen LogP contribution in [-0.4, -0.2) is 19.1 Å².